The number of allylic oxidation sites excluding steroid dienone is 4. The fraction of sp³-hybridized carbons (Fsp3) is 0.351. The van der Waals surface area contributed by atoms with Gasteiger partial charge in [0.15, 0.2) is 0 Å². The lowest BCUT2D eigenvalue weighted by Gasteiger charge is -2.10. The van der Waals surface area contributed by atoms with Crippen LogP contribution in [0.2, 0.25) is 0 Å². The van der Waals surface area contributed by atoms with E-state index in [1.807, 2.05) is 6.20 Å². The number of hydrogen-bond acceptors (Lipinski definition) is 2. The standard InChI is InChI=1S/C37H43N5/c1-9-25-21(6)31-18-35-27(11-3)23(8)36(42-35)29(16-24-14-13-15-38-24)37-28(12-4)22(7)32(41-37)19-34-26(10-2)20(5)30(39-34)17-33(25)40-31/h13-15,17-19,38-40H,9-12,16H2,1-8H3. The van der Waals surface area contributed by atoms with Crippen molar-refractivity contribution in [2.45, 2.75) is 87.5 Å². The summed E-state index contributed by atoms with van der Waals surface area (Å²) in [6, 6.07) is 11.1. The molecule has 0 fully saturated rings. The summed E-state index contributed by atoms with van der Waals surface area (Å²) in [5, 5.41) is 0. The van der Waals surface area contributed by atoms with Gasteiger partial charge < -0.3 is 15.0 Å². The maximum absolute atomic E-state index is 5.40. The van der Waals surface area contributed by atoms with Gasteiger partial charge in [-0.05, 0) is 128 Å². The smallest absolute Gasteiger partial charge is 0.0729 e. The van der Waals surface area contributed by atoms with Crippen LogP contribution in [0.25, 0.3) is 44.4 Å². The molecule has 42 heavy (non-hydrogen) atoms. The van der Waals surface area contributed by atoms with Crippen LogP contribution in [0.4, 0.5) is 0 Å². The fourth-order valence-corrected chi connectivity index (χ4v) is 7.06. The van der Waals surface area contributed by atoms with E-state index >= 15 is 0 Å². The minimum absolute atomic E-state index is 0.753. The Bertz CT molecular complexity index is 1920. The Morgan fingerprint density at radius 3 is 1.79 bits per heavy atom. The Kier molecular flexibility index (Phi) is 7.30. The molecule has 8 bridgehead atoms. The van der Waals surface area contributed by atoms with Crippen molar-refractivity contribution in [2.24, 2.45) is 0 Å². The monoisotopic (exact) mass is 557 g/mol. The molecular weight excluding hydrogens is 514 g/mol. The molecule has 0 radical (unpaired) electrons. The molecule has 0 saturated heterocycles. The molecule has 3 N–H and O–H groups in total. The van der Waals surface area contributed by atoms with Crippen molar-refractivity contribution in [3.8, 4) is 0 Å². The Hall–Kier alpha value is -4.12. The van der Waals surface area contributed by atoms with Gasteiger partial charge in [0.25, 0.3) is 0 Å². The van der Waals surface area contributed by atoms with Crippen LogP contribution < -0.4 is 0 Å². The second-order valence-corrected chi connectivity index (χ2v) is 11.7. The summed E-state index contributed by atoms with van der Waals surface area (Å²) in [5.41, 5.74) is 21.7. The number of aryl methyl sites for hydroxylation is 4. The third kappa shape index (κ3) is 4.46. The molecule has 5 heteroatoms. The van der Waals surface area contributed by atoms with Crippen LogP contribution in [0, 0.1) is 13.8 Å². The van der Waals surface area contributed by atoms with Crippen molar-refractivity contribution >= 4 is 44.4 Å². The average molecular weight is 558 g/mol. The van der Waals surface area contributed by atoms with Crippen LogP contribution >= 0.6 is 0 Å². The molecule has 5 nitrogen and oxygen atoms in total. The number of rotatable bonds is 6. The molecule has 0 saturated carbocycles. The van der Waals surface area contributed by atoms with Crippen molar-refractivity contribution in [3.63, 3.8) is 0 Å². The molecule has 6 rings (SSSR count). The van der Waals surface area contributed by atoms with Gasteiger partial charge in [-0.1, -0.05) is 27.7 Å². The lowest BCUT2D eigenvalue weighted by atomic mass is 9.94. The largest absolute Gasteiger partial charge is 0.365 e. The topological polar surface area (TPSA) is 73.2 Å². The van der Waals surface area contributed by atoms with Crippen LogP contribution in [0.1, 0.15) is 111 Å². The quantitative estimate of drug-likeness (QED) is 0.221. The van der Waals surface area contributed by atoms with Gasteiger partial charge in [-0.25, -0.2) is 9.97 Å². The molecular formula is C37H43N5. The molecule has 0 aliphatic carbocycles. The molecule has 0 atom stereocenters. The molecule has 2 aliphatic rings. The normalized spacial score (nSPS) is 13.5. The van der Waals surface area contributed by atoms with E-state index in [1.165, 1.54) is 61.3 Å². The van der Waals surface area contributed by atoms with E-state index < -0.39 is 0 Å². The van der Waals surface area contributed by atoms with Gasteiger partial charge in [0.05, 0.1) is 22.8 Å². The first-order chi connectivity index (χ1) is 20.3. The fourth-order valence-electron chi connectivity index (χ4n) is 7.06. The number of aromatic amines is 3. The van der Waals surface area contributed by atoms with Crippen LogP contribution in [0.3, 0.4) is 0 Å². The first-order valence-corrected chi connectivity index (χ1v) is 15.6. The zero-order valence-electron chi connectivity index (χ0n) is 26.4. The molecule has 4 aromatic rings. The highest BCUT2D eigenvalue weighted by molar-refractivity contribution is 5.97. The van der Waals surface area contributed by atoms with Gasteiger partial charge in [0.2, 0.25) is 0 Å². The Labute approximate surface area is 249 Å². The predicted molar refractivity (Wildman–Crippen MR) is 178 cm³/mol. The van der Waals surface area contributed by atoms with Gasteiger partial charge in [-0.3, -0.25) is 0 Å². The molecule has 0 unspecified atom stereocenters. The summed E-state index contributed by atoms with van der Waals surface area (Å²) in [6.45, 7) is 17.9. The van der Waals surface area contributed by atoms with E-state index in [1.54, 1.807) is 0 Å². The van der Waals surface area contributed by atoms with E-state index in [4.69, 9.17) is 9.97 Å². The number of hydrogen-bond donors (Lipinski definition) is 3. The van der Waals surface area contributed by atoms with Crippen molar-refractivity contribution < 1.29 is 0 Å². The number of fused-ring (bicyclic) bond motifs is 8. The maximum Gasteiger partial charge on any atom is 0.0729 e. The van der Waals surface area contributed by atoms with E-state index in [9.17, 15) is 0 Å². The summed E-state index contributed by atoms with van der Waals surface area (Å²) >= 11 is 0. The predicted octanol–water partition coefficient (Wildman–Crippen LogP) is 9.66. The molecule has 216 valence electrons. The molecule has 0 aromatic carbocycles. The lowest BCUT2D eigenvalue weighted by Crippen LogP contribution is -2.00. The highest BCUT2D eigenvalue weighted by atomic mass is 14.8. The van der Waals surface area contributed by atoms with E-state index in [-0.39, 0.29) is 0 Å². The van der Waals surface area contributed by atoms with Crippen molar-refractivity contribution in [3.05, 3.63) is 92.8 Å². The summed E-state index contributed by atoms with van der Waals surface area (Å²) in [4.78, 5) is 21.8. The summed E-state index contributed by atoms with van der Waals surface area (Å²) in [5.74, 6) is 0. The summed E-state index contributed by atoms with van der Waals surface area (Å²) < 4.78 is 0. The van der Waals surface area contributed by atoms with Crippen LogP contribution in [0.5, 0.6) is 0 Å². The zero-order valence-corrected chi connectivity index (χ0v) is 26.4. The Balaban J connectivity index is 1.84. The zero-order chi connectivity index (χ0) is 29.7. The van der Waals surface area contributed by atoms with Crippen molar-refractivity contribution in [2.75, 3.05) is 0 Å². The number of nitrogens with one attached hydrogen (secondary N) is 3. The Morgan fingerprint density at radius 1 is 0.595 bits per heavy atom. The van der Waals surface area contributed by atoms with Gasteiger partial charge in [0, 0.05) is 45.9 Å². The van der Waals surface area contributed by atoms with Gasteiger partial charge >= 0.3 is 0 Å². The number of aromatic nitrogens is 5. The molecule has 0 amide bonds. The van der Waals surface area contributed by atoms with Gasteiger partial charge in [-0.2, -0.15) is 0 Å². The highest BCUT2D eigenvalue weighted by Crippen LogP contribution is 2.40. The average Bonchev–Trinajstić information content (AvgIpc) is 3.77. The van der Waals surface area contributed by atoms with Crippen molar-refractivity contribution in [1.29, 1.82) is 0 Å². The van der Waals surface area contributed by atoms with E-state index in [2.05, 4.69) is 101 Å². The van der Waals surface area contributed by atoms with Crippen LogP contribution in [-0.2, 0) is 19.3 Å². The first-order valence-electron chi connectivity index (χ1n) is 15.6. The minimum atomic E-state index is 0.753. The third-order valence-corrected chi connectivity index (χ3v) is 9.47. The summed E-state index contributed by atoms with van der Waals surface area (Å²) in [6.07, 6.45) is 6.53. The Morgan fingerprint density at radius 2 is 1.19 bits per heavy atom. The second kappa shape index (κ2) is 10.9. The molecule has 6 heterocycles. The molecule has 2 aliphatic heterocycles. The van der Waals surface area contributed by atoms with Gasteiger partial charge in [-0.15, -0.1) is 0 Å². The van der Waals surface area contributed by atoms with E-state index in [0.29, 0.717) is 0 Å². The second-order valence-electron chi connectivity index (χ2n) is 11.7. The van der Waals surface area contributed by atoms with Crippen molar-refractivity contribution in [1.82, 2.24) is 24.9 Å². The minimum Gasteiger partial charge on any atom is -0.365 e. The number of nitrogens with zero attached hydrogens (tertiary/aromatic N) is 2. The lowest BCUT2D eigenvalue weighted by molar-refractivity contribution is 1.05. The van der Waals surface area contributed by atoms with Crippen LogP contribution in [-0.4, -0.2) is 24.9 Å². The summed E-state index contributed by atoms with van der Waals surface area (Å²) in [7, 11) is 0. The molecule has 0 spiro atoms. The van der Waals surface area contributed by atoms with Gasteiger partial charge in [0.1, 0.15) is 0 Å². The first kappa shape index (κ1) is 28.0. The number of H-pyrrole nitrogens is 3. The van der Waals surface area contributed by atoms with Crippen LogP contribution in [0.15, 0.2) is 36.5 Å². The molecule has 4 aromatic heterocycles. The maximum atomic E-state index is 5.40. The SMILES string of the molecule is CCC1=C(C)c2nc1cc1[nH]c(cc3[nH]c(cc4nc(c2Cc2ccc[nH]2)C(CC)=C4C)c(CC)c3C)c(CC)c1C. The third-order valence-electron chi connectivity index (χ3n) is 9.47. The van der Waals surface area contributed by atoms with E-state index in [0.717, 1.165) is 71.4 Å². The highest BCUT2D eigenvalue weighted by Gasteiger charge is 2.25.